The summed E-state index contributed by atoms with van der Waals surface area (Å²) in [4.78, 5) is 7.33. The molecule has 232 valence electrons. The molecule has 49 heavy (non-hydrogen) atoms. The molecule has 1 heterocycles. The molecule has 9 rings (SSSR count). The van der Waals surface area contributed by atoms with Gasteiger partial charge in [-0.1, -0.05) is 150 Å². The van der Waals surface area contributed by atoms with Crippen LogP contribution in [0, 0.1) is 0 Å². The van der Waals surface area contributed by atoms with Crippen molar-refractivity contribution in [3.8, 4) is 11.5 Å². The summed E-state index contributed by atoms with van der Waals surface area (Å²) in [5, 5.41) is 8.64. The number of rotatable bonds is 7. The molecule has 1 aromatic heterocycles. The van der Waals surface area contributed by atoms with Crippen molar-refractivity contribution in [2.75, 3.05) is 4.90 Å². The van der Waals surface area contributed by atoms with Crippen LogP contribution in [-0.2, 0) is 0 Å². The van der Waals surface area contributed by atoms with Gasteiger partial charge < -0.3 is 9.32 Å². The Kier molecular flexibility index (Phi) is 7.34. The standard InChI is InChI=1S/C45H32N2OSi/c1-5-15-34(16-6-1)45-46-40-30-28-33-26-25-32-27-29-36(31-39(32)43(33)44(40)48-45)47(35-17-7-2-8-18-35)41-23-13-14-24-42(41)49(37-19-9-3-10-20-37)38-21-11-4-12-22-38/h1-31,49H. The van der Waals surface area contributed by atoms with E-state index < -0.39 is 8.80 Å². The molecule has 0 unspecified atom stereocenters. The first-order valence-electron chi connectivity index (χ1n) is 16.7. The Morgan fingerprint density at radius 3 is 1.78 bits per heavy atom. The highest BCUT2D eigenvalue weighted by molar-refractivity contribution is 6.96. The van der Waals surface area contributed by atoms with Crippen molar-refractivity contribution >= 4 is 74.1 Å². The van der Waals surface area contributed by atoms with E-state index in [4.69, 9.17) is 9.40 Å². The quantitative estimate of drug-likeness (QED) is 0.0983. The fourth-order valence-electron chi connectivity index (χ4n) is 7.13. The molecule has 0 N–H and O–H groups in total. The third kappa shape index (κ3) is 5.29. The van der Waals surface area contributed by atoms with Crippen LogP contribution >= 0.6 is 0 Å². The first-order chi connectivity index (χ1) is 24.3. The van der Waals surface area contributed by atoms with Gasteiger partial charge in [0.1, 0.15) is 14.3 Å². The summed E-state index contributed by atoms with van der Waals surface area (Å²) in [6.07, 6.45) is 0. The third-order valence-electron chi connectivity index (χ3n) is 9.39. The molecule has 0 aliphatic carbocycles. The molecule has 0 aliphatic heterocycles. The minimum atomic E-state index is -1.87. The number of para-hydroxylation sites is 2. The van der Waals surface area contributed by atoms with Crippen LogP contribution in [0.2, 0.25) is 0 Å². The van der Waals surface area contributed by atoms with Crippen molar-refractivity contribution < 1.29 is 4.42 Å². The number of fused-ring (bicyclic) bond motifs is 5. The molecule has 9 aromatic rings. The smallest absolute Gasteiger partial charge is 0.227 e. The maximum Gasteiger partial charge on any atom is 0.227 e. The number of hydrogen-bond donors (Lipinski definition) is 0. The van der Waals surface area contributed by atoms with Gasteiger partial charge in [0.05, 0.1) is 0 Å². The molecule has 0 spiro atoms. The lowest BCUT2D eigenvalue weighted by Gasteiger charge is -2.30. The Morgan fingerprint density at radius 2 is 1.06 bits per heavy atom. The van der Waals surface area contributed by atoms with E-state index >= 15 is 0 Å². The van der Waals surface area contributed by atoms with Crippen LogP contribution in [0.5, 0.6) is 0 Å². The SMILES string of the molecule is c1ccc(-c2nc3ccc4ccc5ccc(N(c6ccccc6)c6ccccc6[SiH](c6ccccc6)c6ccccc6)cc5c4c3o2)cc1. The van der Waals surface area contributed by atoms with Crippen molar-refractivity contribution in [1.82, 2.24) is 4.98 Å². The Morgan fingerprint density at radius 1 is 0.490 bits per heavy atom. The molecule has 0 aliphatic rings. The molecule has 0 saturated heterocycles. The lowest BCUT2D eigenvalue weighted by Crippen LogP contribution is -2.53. The zero-order valence-corrected chi connectivity index (χ0v) is 27.9. The van der Waals surface area contributed by atoms with E-state index in [1.54, 1.807) is 0 Å². The summed E-state index contributed by atoms with van der Waals surface area (Å²) in [6.45, 7) is 0. The first-order valence-corrected chi connectivity index (χ1v) is 18.4. The number of anilines is 3. The van der Waals surface area contributed by atoms with Crippen LogP contribution in [0.15, 0.2) is 192 Å². The van der Waals surface area contributed by atoms with Gasteiger partial charge in [0, 0.05) is 28.0 Å². The van der Waals surface area contributed by atoms with Gasteiger partial charge in [0.25, 0.3) is 0 Å². The summed E-state index contributed by atoms with van der Waals surface area (Å²) in [5.74, 6) is 0.633. The Hall–Kier alpha value is -6.23. The van der Waals surface area contributed by atoms with Gasteiger partial charge in [-0.05, 0) is 69.9 Å². The normalized spacial score (nSPS) is 11.4. The van der Waals surface area contributed by atoms with Crippen LogP contribution in [0.4, 0.5) is 17.1 Å². The molecule has 0 bridgehead atoms. The molecule has 3 nitrogen and oxygen atoms in total. The van der Waals surface area contributed by atoms with Crippen LogP contribution in [0.25, 0.3) is 44.1 Å². The molecule has 8 aromatic carbocycles. The topological polar surface area (TPSA) is 29.3 Å². The fraction of sp³-hybridized carbons (Fsp3) is 0. The Labute approximate surface area is 287 Å². The summed E-state index contributed by atoms with van der Waals surface area (Å²) >= 11 is 0. The maximum atomic E-state index is 6.57. The van der Waals surface area contributed by atoms with Gasteiger partial charge in [-0.3, -0.25) is 0 Å². The number of nitrogens with zero attached hydrogens (tertiary/aromatic N) is 2. The van der Waals surface area contributed by atoms with Crippen LogP contribution in [0.3, 0.4) is 0 Å². The maximum absolute atomic E-state index is 6.57. The predicted molar refractivity (Wildman–Crippen MR) is 208 cm³/mol. The summed E-state index contributed by atoms with van der Waals surface area (Å²) in [6, 6.07) is 67.3. The summed E-state index contributed by atoms with van der Waals surface area (Å²) < 4.78 is 6.57. The molecular formula is C45H32N2OSi. The molecule has 0 radical (unpaired) electrons. The highest BCUT2D eigenvalue weighted by Gasteiger charge is 2.25. The lowest BCUT2D eigenvalue weighted by molar-refractivity contribution is 0.623. The van der Waals surface area contributed by atoms with E-state index in [-0.39, 0.29) is 0 Å². The number of aromatic nitrogens is 1. The Bertz CT molecular complexity index is 2510. The van der Waals surface area contributed by atoms with Gasteiger partial charge in [0.2, 0.25) is 5.89 Å². The molecule has 0 atom stereocenters. The van der Waals surface area contributed by atoms with Gasteiger partial charge in [0.15, 0.2) is 5.58 Å². The van der Waals surface area contributed by atoms with E-state index in [9.17, 15) is 0 Å². The van der Waals surface area contributed by atoms with E-state index in [2.05, 4.69) is 163 Å². The van der Waals surface area contributed by atoms with Crippen LogP contribution in [0.1, 0.15) is 0 Å². The number of oxazole rings is 1. The summed E-state index contributed by atoms with van der Waals surface area (Å²) in [5.41, 5.74) is 6.02. The average Bonchev–Trinajstić information content (AvgIpc) is 3.62. The van der Waals surface area contributed by atoms with Crippen molar-refractivity contribution in [1.29, 1.82) is 0 Å². The lowest BCUT2D eigenvalue weighted by atomic mass is 10.00. The van der Waals surface area contributed by atoms with Gasteiger partial charge in [-0.15, -0.1) is 0 Å². The summed E-state index contributed by atoms with van der Waals surface area (Å²) in [7, 11) is -1.87. The highest BCUT2D eigenvalue weighted by Crippen LogP contribution is 2.39. The Balaban J connectivity index is 1.28. The third-order valence-corrected chi connectivity index (χ3v) is 12.6. The minimum absolute atomic E-state index is 0.633. The minimum Gasteiger partial charge on any atom is -0.435 e. The van der Waals surface area contributed by atoms with Crippen molar-refractivity contribution in [3.05, 3.63) is 188 Å². The van der Waals surface area contributed by atoms with Gasteiger partial charge in [-0.2, -0.15) is 0 Å². The molecule has 0 fully saturated rings. The fourth-order valence-corrected chi connectivity index (χ4v) is 10.3. The number of benzene rings is 8. The number of hydrogen-bond acceptors (Lipinski definition) is 3. The second kappa shape index (κ2) is 12.4. The molecular weight excluding hydrogens is 613 g/mol. The van der Waals surface area contributed by atoms with Gasteiger partial charge in [-0.25, -0.2) is 4.98 Å². The zero-order valence-electron chi connectivity index (χ0n) is 26.8. The van der Waals surface area contributed by atoms with Gasteiger partial charge >= 0.3 is 0 Å². The zero-order chi connectivity index (χ0) is 32.6. The monoisotopic (exact) mass is 644 g/mol. The molecule has 4 heteroatoms. The van der Waals surface area contributed by atoms with E-state index in [1.165, 1.54) is 21.2 Å². The molecule has 0 saturated carbocycles. The average molecular weight is 645 g/mol. The van der Waals surface area contributed by atoms with E-state index in [0.29, 0.717) is 5.89 Å². The van der Waals surface area contributed by atoms with Crippen LogP contribution in [-0.4, -0.2) is 13.8 Å². The van der Waals surface area contributed by atoms with E-state index in [0.717, 1.165) is 49.6 Å². The van der Waals surface area contributed by atoms with Crippen molar-refractivity contribution in [2.24, 2.45) is 0 Å². The first kappa shape index (κ1) is 28.9. The van der Waals surface area contributed by atoms with Crippen LogP contribution < -0.4 is 20.5 Å². The molecule has 0 amide bonds. The largest absolute Gasteiger partial charge is 0.435 e. The highest BCUT2D eigenvalue weighted by atomic mass is 28.3. The predicted octanol–water partition coefficient (Wildman–Crippen LogP) is 9.52. The van der Waals surface area contributed by atoms with E-state index in [1.807, 2.05) is 30.3 Å². The van der Waals surface area contributed by atoms with Crippen molar-refractivity contribution in [2.45, 2.75) is 0 Å². The second-order valence-corrected chi connectivity index (χ2v) is 15.2. The second-order valence-electron chi connectivity index (χ2n) is 12.4. The van der Waals surface area contributed by atoms with Crippen molar-refractivity contribution in [3.63, 3.8) is 0 Å².